The standard InChI is InChI=1S/C19H25FN8.HI/c1-3-18-26-25-14-28(18)10-8-23-19(22-4-2)24-12-15-5-6-17(16(20)11-15)27-9-7-21-13-27;/h5-7,9,11,13-14H,3-4,8,10,12H2,1-2H3,(H2,22,23,24);1H. The molecule has 29 heavy (non-hydrogen) atoms. The number of nitrogens with one attached hydrogen (secondary N) is 2. The predicted octanol–water partition coefficient (Wildman–Crippen LogP) is 2.54. The maximum Gasteiger partial charge on any atom is 0.191 e. The molecule has 3 aromatic rings. The molecule has 0 bridgehead atoms. The summed E-state index contributed by atoms with van der Waals surface area (Å²) in [6.07, 6.45) is 7.48. The Labute approximate surface area is 186 Å². The highest BCUT2D eigenvalue weighted by Crippen LogP contribution is 2.15. The van der Waals surface area contributed by atoms with E-state index in [1.165, 1.54) is 6.07 Å². The zero-order valence-corrected chi connectivity index (χ0v) is 18.9. The lowest BCUT2D eigenvalue weighted by Crippen LogP contribution is -2.38. The number of aliphatic imine (C=N–C) groups is 1. The molecule has 3 rings (SSSR count). The average Bonchev–Trinajstić information content (AvgIpc) is 3.38. The van der Waals surface area contributed by atoms with Crippen molar-refractivity contribution < 1.29 is 4.39 Å². The van der Waals surface area contributed by atoms with Gasteiger partial charge in [-0.2, -0.15) is 0 Å². The minimum atomic E-state index is -0.302. The summed E-state index contributed by atoms with van der Waals surface area (Å²) in [5.74, 6) is 1.34. The SMILES string of the molecule is CCNC(=NCc1ccc(-n2ccnc2)c(F)c1)NCCn1cnnc1CC.I. The molecule has 0 spiro atoms. The lowest BCUT2D eigenvalue weighted by Gasteiger charge is -2.12. The van der Waals surface area contributed by atoms with Crippen LogP contribution in [0, 0.1) is 5.82 Å². The van der Waals surface area contributed by atoms with Crippen LogP contribution in [0.25, 0.3) is 5.69 Å². The summed E-state index contributed by atoms with van der Waals surface area (Å²) in [7, 11) is 0. The minimum absolute atomic E-state index is 0. The van der Waals surface area contributed by atoms with Crippen LogP contribution in [0.4, 0.5) is 4.39 Å². The molecule has 0 aliphatic rings. The van der Waals surface area contributed by atoms with Crippen molar-refractivity contribution in [2.75, 3.05) is 13.1 Å². The topological polar surface area (TPSA) is 85.0 Å². The van der Waals surface area contributed by atoms with E-state index < -0.39 is 0 Å². The number of hydrogen-bond acceptors (Lipinski definition) is 4. The normalized spacial score (nSPS) is 11.2. The van der Waals surface area contributed by atoms with Crippen LogP contribution < -0.4 is 10.6 Å². The van der Waals surface area contributed by atoms with Gasteiger partial charge in [0.25, 0.3) is 0 Å². The molecule has 2 heterocycles. The Morgan fingerprint density at radius 3 is 2.76 bits per heavy atom. The van der Waals surface area contributed by atoms with E-state index in [9.17, 15) is 4.39 Å². The van der Waals surface area contributed by atoms with Crippen molar-refractivity contribution in [2.24, 2.45) is 4.99 Å². The average molecular weight is 512 g/mol. The van der Waals surface area contributed by atoms with E-state index in [4.69, 9.17) is 0 Å². The number of rotatable bonds is 8. The van der Waals surface area contributed by atoms with Crippen molar-refractivity contribution in [1.82, 2.24) is 34.9 Å². The van der Waals surface area contributed by atoms with Crippen LogP contribution in [0.1, 0.15) is 25.2 Å². The fourth-order valence-electron chi connectivity index (χ4n) is 2.81. The Balaban J connectivity index is 0.00000300. The molecule has 2 N–H and O–H groups in total. The number of imidazole rings is 1. The highest BCUT2D eigenvalue weighted by molar-refractivity contribution is 14.0. The van der Waals surface area contributed by atoms with Crippen LogP contribution >= 0.6 is 24.0 Å². The number of benzene rings is 1. The molecule has 10 heteroatoms. The summed E-state index contributed by atoms with van der Waals surface area (Å²) < 4.78 is 18.0. The van der Waals surface area contributed by atoms with Crippen molar-refractivity contribution in [2.45, 2.75) is 33.4 Å². The highest BCUT2D eigenvalue weighted by Gasteiger charge is 2.06. The van der Waals surface area contributed by atoms with Crippen LogP contribution in [0.3, 0.4) is 0 Å². The van der Waals surface area contributed by atoms with E-state index in [-0.39, 0.29) is 29.8 Å². The summed E-state index contributed by atoms with van der Waals surface area (Å²) in [5, 5.41) is 14.5. The first-order valence-corrected chi connectivity index (χ1v) is 9.36. The Bertz CT molecular complexity index is 907. The molecule has 0 radical (unpaired) electrons. The molecule has 0 fully saturated rings. The van der Waals surface area contributed by atoms with Gasteiger partial charge in [0.2, 0.25) is 0 Å². The van der Waals surface area contributed by atoms with E-state index >= 15 is 0 Å². The molecule has 8 nitrogen and oxygen atoms in total. The second-order valence-electron chi connectivity index (χ2n) is 6.17. The summed E-state index contributed by atoms with van der Waals surface area (Å²) in [6.45, 7) is 6.61. The molecule has 2 aromatic heterocycles. The van der Waals surface area contributed by atoms with Gasteiger partial charge >= 0.3 is 0 Å². The third-order valence-electron chi connectivity index (χ3n) is 4.22. The second kappa shape index (κ2) is 11.5. The lowest BCUT2D eigenvalue weighted by atomic mass is 10.2. The maximum absolute atomic E-state index is 14.4. The number of halogens is 2. The summed E-state index contributed by atoms with van der Waals surface area (Å²) in [6, 6.07) is 5.11. The number of hydrogen-bond donors (Lipinski definition) is 2. The first-order valence-electron chi connectivity index (χ1n) is 9.36. The minimum Gasteiger partial charge on any atom is -0.357 e. The molecule has 0 aliphatic heterocycles. The summed E-state index contributed by atoms with van der Waals surface area (Å²) in [4.78, 5) is 8.49. The molecule has 0 saturated carbocycles. The molecule has 0 aliphatic carbocycles. The number of aromatic nitrogens is 5. The smallest absolute Gasteiger partial charge is 0.191 e. The number of guanidine groups is 1. The van der Waals surface area contributed by atoms with Crippen LogP contribution in [0.5, 0.6) is 0 Å². The van der Waals surface area contributed by atoms with Gasteiger partial charge in [0.1, 0.15) is 18.0 Å². The van der Waals surface area contributed by atoms with Gasteiger partial charge in [-0.25, -0.2) is 14.4 Å². The summed E-state index contributed by atoms with van der Waals surface area (Å²) in [5.41, 5.74) is 1.27. The zero-order valence-electron chi connectivity index (χ0n) is 16.5. The Morgan fingerprint density at radius 1 is 1.21 bits per heavy atom. The van der Waals surface area contributed by atoms with Gasteiger partial charge in [-0.15, -0.1) is 34.2 Å². The van der Waals surface area contributed by atoms with E-state index in [1.54, 1.807) is 35.7 Å². The second-order valence-corrected chi connectivity index (χ2v) is 6.17. The van der Waals surface area contributed by atoms with Crippen molar-refractivity contribution in [3.05, 3.63) is 60.5 Å². The van der Waals surface area contributed by atoms with Crippen molar-refractivity contribution in [3.63, 3.8) is 0 Å². The monoisotopic (exact) mass is 512 g/mol. The van der Waals surface area contributed by atoms with Crippen molar-refractivity contribution in [1.29, 1.82) is 0 Å². The molecule has 1 aromatic carbocycles. The predicted molar refractivity (Wildman–Crippen MR) is 121 cm³/mol. The Hall–Kier alpha value is -2.50. The van der Waals surface area contributed by atoms with Crippen LogP contribution in [0.15, 0.2) is 48.2 Å². The van der Waals surface area contributed by atoms with Gasteiger partial charge in [-0.1, -0.05) is 13.0 Å². The summed E-state index contributed by atoms with van der Waals surface area (Å²) >= 11 is 0. The van der Waals surface area contributed by atoms with E-state index in [0.717, 1.165) is 30.9 Å². The van der Waals surface area contributed by atoms with E-state index in [1.807, 2.05) is 17.6 Å². The third-order valence-corrected chi connectivity index (χ3v) is 4.22. The van der Waals surface area contributed by atoms with E-state index in [0.29, 0.717) is 24.7 Å². The van der Waals surface area contributed by atoms with Crippen molar-refractivity contribution in [3.8, 4) is 5.69 Å². The Kier molecular flexibility index (Phi) is 9.03. The van der Waals surface area contributed by atoms with Crippen LogP contribution in [-0.4, -0.2) is 43.4 Å². The molecule has 156 valence electrons. The molecule has 0 atom stereocenters. The first kappa shape index (κ1) is 22.8. The van der Waals surface area contributed by atoms with Gasteiger partial charge in [0.05, 0.1) is 18.6 Å². The zero-order chi connectivity index (χ0) is 19.8. The lowest BCUT2D eigenvalue weighted by molar-refractivity contribution is 0.615. The highest BCUT2D eigenvalue weighted by atomic mass is 127. The largest absolute Gasteiger partial charge is 0.357 e. The maximum atomic E-state index is 14.4. The molecular formula is C19H26FIN8. The van der Waals surface area contributed by atoms with Gasteiger partial charge in [0.15, 0.2) is 5.96 Å². The fourth-order valence-corrected chi connectivity index (χ4v) is 2.81. The van der Waals surface area contributed by atoms with Crippen LogP contribution in [-0.2, 0) is 19.5 Å². The number of aryl methyl sites for hydroxylation is 1. The molecular weight excluding hydrogens is 486 g/mol. The van der Waals surface area contributed by atoms with Gasteiger partial charge in [-0.3, -0.25) is 0 Å². The third kappa shape index (κ3) is 6.24. The van der Waals surface area contributed by atoms with E-state index in [2.05, 4.69) is 37.7 Å². The Morgan fingerprint density at radius 2 is 2.07 bits per heavy atom. The first-order chi connectivity index (χ1) is 13.7. The van der Waals surface area contributed by atoms with Crippen molar-refractivity contribution >= 4 is 29.9 Å². The number of nitrogens with zero attached hydrogens (tertiary/aromatic N) is 6. The van der Waals surface area contributed by atoms with Crippen LogP contribution in [0.2, 0.25) is 0 Å². The molecule has 0 saturated heterocycles. The quantitative estimate of drug-likeness (QED) is 0.276. The molecule has 0 unspecified atom stereocenters. The molecule has 0 amide bonds. The van der Waals surface area contributed by atoms with Gasteiger partial charge in [0, 0.05) is 38.4 Å². The fraction of sp³-hybridized carbons (Fsp3) is 0.368. The van der Waals surface area contributed by atoms with Gasteiger partial charge < -0.3 is 19.8 Å². The van der Waals surface area contributed by atoms with Gasteiger partial charge in [-0.05, 0) is 24.6 Å².